The van der Waals surface area contributed by atoms with Gasteiger partial charge in [0.15, 0.2) is 5.82 Å². The van der Waals surface area contributed by atoms with Crippen LogP contribution in [0.1, 0.15) is 24.6 Å². The van der Waals surface area contributed by atoms with Crippen molar-refractivity contribution in [3.63, 3.8) is 0 Å². The molecule has 0 saturated heterocycles. The summed E-state index contributed by atoms with van der Waals surface area (Å²) in [6.07, 6.45) is 2.44. The first-order chi connectivity index (χ1) is 7.74. The Morgan fingerprint density at radius 1 is 1.38 bits per heavy atom. The van der Waals surface area contributed by atoms with Crippen LogP contribution in [0.25, 0.3) is 11.4 Å². The summed E-state index contributed by atoms with van der Waals surface area (Å²) in [7, 11) is 0. The van der Waals surface area contributed by atoms with Crippen LogP contribution in [0.5, 0.6) is 0 Å². The Balaban J connectivity index is 2.00. The molecule has 82 valence electrons. The molecule has 0 bridgehead atoms. The molecule has 16 heavy (non-hydrogen) atoms. The SMILES string of the molecule is Clc1ccc(-c2n[nH]c(C3CC3)n2)c(Br)c1. The van der Waals surface area contributed by atoms with Crippen molar-refractivity contribution in [3.8, 4) is 11.4 Å². The zero-order valence-corrected chi connectivity index (χ0v) is 10.7. The van der Waals surface area contributed by atoms with Gasteiger partial charge in [-0.3, -0.25) is 5.10 Å². The van der Waals surface area contributed by atoms with Gasteiger partial charge in [-0.1, -0.05) is 11.6 Å². The molecule has 1 N–H and O–H groups in total. The smallest absolute Gasteiger partial charge is 0.182 e. The summed E-state index contributed by atoms with van der Waals surface area (Å²) in [6, 6.07) is 5.62. The van der Waals surface area contributed by atoms with E-state index in [1.807, 2.05) is 18.2 Å². The summed E-state index contributed by atoms with van der Waals surface area (Å²) in [5.74, 6) is 2.31. The van der Waals surface area contributed by atoms with Crippen LogP contribution in [0.2, 0.25) is 5.02 Å². The molecule has 2 aromatic rings. The quantitative estimate of drug-likeness (QED) is 0.917. The first kappa shape index (κ1) is 10.3. The Bertz CT molecular complexity index is 534. The zero-order valence-electron chi connectivity index (χ0n) is 8.37. The fourth-order valence-corrected chi connectivity index (χ4v) is 2.46. The largest absolute Gasteiger partial charge is 0.262 e. The van der Waals surface area contributed by atoms with Gasteiger partial charge < -0.3 is 0 Å². The van der Waals surface area contributed by atoms with Crippen molar-refractivity contribution in [2.75, 3.05) is 0 Å². The maximum Gasteiger partial charge on any atom is 0.182 e. The van der Waals surface area contributed by atoms with Crippen LogP contribution in [-0.2, 0) is 0 Å². The monoisotopic (exact) mass is 297 g/mol. The number of nitrogens with one attached hydrogen (secondary N) is 1. The lowest BCUT2D eigenvalue weighted by atomic mass is 10.2. The number of nitrogens with zero attached hydrogens (tertiary/aromatic N) is 2. The van der Waals surface area contributed by atoms with Crippen molar-refractivity contribution >= 4 is 27.5 Å². The van der Waals surface area contributed by atoms with Gasteiger partial charge in [0, 0.05) is 21.0 Å². The molecule has 3 nitrogen and oxygen atoms in total. The van der Waals surface area contributed by atoms with Gasteiger partial charge in [-0.2, -0.15) is 5.10 Å². The summed E-state index contributed by atoms with van der Waals surface area (Å²) in [5.41, 5.74) is 0.965. The first-order valence-electron chi connectivity index (χ1n) is 5.12. The molecule has 1 aromatic carbocycles. The number of benzene rings is 1. The molecule has 0 atom stereocenters. The van der Waals surface area contributed by atoms with Gasteiger partial charge >= 0.3 is 0 Å². The average molecular weight is 299 g/mol. The molecule has 1 heterocycles. The topological polar surface area (TPSA) is 41.6 Å². The lowest BCUT2D eigenvalue weighted by molar-refractivity contribution is 0.935. The van der Waals surface area contributed by atoms with Gasteiger partial charge in [-0.05, 0) is 47.0 Å². The fraction of sp³-hybridized carbons (Fsp3) is 0.273. The number of hydrogen-bond acceptors (Lipinski definition) is 2. The van der Waals surface area contributed by atoms with Crippen molar-refractivity contribution in [1.29, 1.82) is 0 Å². The Morgan fingerprint density at radius 3 is 2.88 bits per heavy atom. The first-order valence-corrected chi connectivity index (χ1v) is 6.29. The molecule has 0 spiro atoms. The van der Waals surface area contributed by atoms with Crippen LogP contribution in [0.4, 0.5) is 0 Å². The summed E-state index contributed by atoms with van der Waals surface area (Å²) < 4.78 is 0.918. The van der Waals surface area contributed by atoms with Crippen molar-refractivity contribution in [2.24, 2.45) is 0 Å². The lowest BCUT2D eigenvalue weighted by Gasteiger charge is -1.99. The summed E-state index contributed by atoms with van der Waals surface area (Å²) in [5, 5.41) is 7.92. The van der Waals surface area contributed by atoms with E-state index in [-0.39, 0.29) is 0 Å². The standard InChI is InChI=1S/C11H9BrClN3/c12-9-5-7(13)3-4-8(9)11-14-10(15-16-11)6-1-2-6/h3-6H,1-2H2,(H,14,15,16). The molecule has 5 heteroatoms. The highest BCUT2D eigenvalue weighted by molar-refractivity contribution is 9.10. The predicted octanol–water partition coefficient (Wildman–Crippen LogP) is 3.77. The molecule has 1 saturated carbocycles. The van der Waals surface area contributed by atoms with E-state index in [0.717, 1.165) is 21.7 Å². The highest BCUT2D eigenvalue weighted by Crippen LogP contribution is 2.39. The number of hydrogen-bond donors (Lipinski definition) is 1. The Kier molecular flexibility index (Phi) is 2.48. The van der Waals surface area contributed by atoms with Gasteiger partial charge in [-0.15, -0.1) is 0 Å². The van der Waals surface area contributed by atoms with E-state index >= 15 is 0 Å². The molecular weight excluding hydrogens is 289 g/mol. The van der Waals surface area contributed by atoms with Gasteiger partial charge in [-0.25, -0.2) is 4.98 Å². The Morgan fingerprint density at radius 2 is 2.19 bits per heavy atom. The molecule has 0 radical (unpaired) electrons. The van der Waals surface area contributed by atoms with Gasteiger partial charge in [0.1, 0.15) is 5.82 Å². The fourth-order valence-electron chi connectivity index (χ4n) is 1.60. The van der Waals surface area contributed by atoms with E-state index in [1.54, 1.807) is 0 Å². The molecule has 0 aliphatic heterocycles. The van der Waals surface area contributed by atoms with Gasteiger partial charge in [0.25, 0.3) is 0 Å². The van der Waals surface area contributed by atoms with Gasteiger partial charge in [0.05, 0.1) is 0 Å². The molecule has 1 aliphatic rings. The number of H-pyrrole nitrogens is 1. The van der Waals surface area contributed by atoms with E-state index in [1.165, 1.54) is 12.8 Å². The lowest BCUT2D eigenvalue weighted by Crippen LogP contribution is -1.83. The Labute approximate surface area is 106 Å². The highest BCUT2D eigenvalue weighted by atomic mass is 79.9. The molecule has 3 rings (SSSR count). The van der Waals surface area contributed by atoms with E-state index in [2.05, 4.69) is 31.1 Å². The highest BCUT2D eigenvalue weighted by Gasteiger charge is 2.27. The number of aromatic nitrogens is 3. The van der Waals surface area contributed by atoms with E-state index < -0.39 is 0 Å². The number of aromatic amines is 1. The molecule has 1 aromatic heterocycles. The molecule has 0 amide bonds. The summed E-state index contributed by atoms with van der Waals surface area (Å²) in [6.45, 7) is 0. The minimum absolute atomic E-state index is 0.590. The van der Waals surface area contributed by atoms with Gasteiger partial charge in [0.2, 0.25) is 0 Å². The second-order valence-electron chi connectivity index (χ2n) is 3.94. The van der Waals surface area contributed by atoms with Crippen LogP contribution >= 0.6 is 27.5 Å². The van der Waals surface area contributed by atoms with E-state index in [9.17, 15) is 0 Å². The number of halogens is 2. The summed E-state index contributed by atoms with van der Waals surface area (Å²) >= 11 is 9.36. The number of rotatable bonds is 2. The second kappa shape index (κ2) is 3.86. The van der Waals surface area contributed by atoms with Crippen LogP contribution < -0.4 is 0 Å². The summed E-state index contributed by atoms with van der Waals surface area (Å²) in [4.78, 5) is 4.49. The molecular formula is C11H9BrClN3. The maximum atomic E-state index is 5.89. The third-order valence-electron chi connectivity index (χ3n) is 2.64. The van der Waals surface area contributed by atoms with E-state index in [0.29, 0.717) is 10.9 Å². The Hall–Kier alpha value is -0.870. The molecule has 1 aliphatic carbocycles. The van der Waals surface area contributed by atoms with E-state index in [4.69, 9.17) is 11.6 Å². The van der Waals surface area contributed by atoms with Crippen LogP contribution in [0, 0.1) is 0 Å². The minimum Gasteiger partial charge on any atom is -0.262 e. The minimum atomic E-state index is 0.590. The third kappa shape index (κ3) is 1.87. The van der Waals surface area contributed by atoms with Crippen LogP contribution in [-0.4, -0.2) is 15.2 Å². The molecule has 1 fully saturated rings. The van der Waals surface area contributed by atoms with Crippen molar-refractivity contribution in [1.82, 2.24) is 15.2 Å². The normalized spacial score (nSPS) is 15.4. The van der Waals surface area contributed by atoms with Crippen molar-refractivity contribution < 1.29 is 0 Å². The van der Waals surface area contributed by atoms with Crippen molar-refractivity contribution in [3.05, 3.63) is 33.5 Å². The average Bonchev–Trinajstić information content (AvgIpc) is 2.98. The molecule has 0 unspecified atom stereocenters. The maximum absolute atomic E-state index is 5.89. The predicted molar refractivity (Wildman–Crippen MR) is 66.5 cm³/mol. The second-order valence-corrected chi connectivity index (χ2v) is 5.23. The third-order valence-corrected chi connectivity index (χ3v) is 3.53. The van der Waals surface area contributed by atoms with Crippen molar-refractivity contribution in [2.45, 2.75) is 18.8 Å². The van der Waals surface area contributed by atoms with Crippen LogP contribution in [0.15, 0.2) is 22.7 Å². The van der Waals surface area contributed by atoms with Crippen LogP contribution in [0.3, 0.4) is 0 Å². The zero-order chi connectivity index (χ0) is 11.1.